The average molecular weight is 168 g/mol. The van der Waals surface area contributed by atoms with Gasteiger partial charge in [0, 0.05) is 13.2 Å². The molecule has 0 saturated heterocycles. The number of nitrogens with zero attached hydrogens (tertiary/aromatic N) is 1. The lowest BCUT2D eigenvalue weighted by Crippen LogP contribution is -1.98. The zero-order valence-corrected chi connectivity index (χ0v) is 7.56. The highest BCUT2D eigenvalue weighted by molar-refractivity contribution is 5.44. The zero-order valence-electron chi connectivity index (χ0n) is 7.56. The summed E-state index contributed by atoms with van der Waals surface area (Å²) in [6, 6.07) is 1.78. The van der Waals surface area contributed by atoms with Gasteiger partial charge in [0.15, 0.2) is 0 Å². The Bertz CT molecular complexity index is 271. The van der Waals surface area contributed by atoms with E-state index in [1.165, 1.54) is 0 Å². The van der Waals surface area contributed by atoms with Crippen LogP contribution >= 0.6 is 0 Å². The van der Waals surface area contributed by atoms with E-state index in [1.807, 2.05) is 13.8 Å². The van der Waals surface area contributed by atoms with Crippen molar-refractivity contribution in [2.75, 3.05) is 12.4 Å². The lowest BCUT2D eigenvalue weighted by atomic mass is 10.1. The number of aromatic nitrogens is 1. The molecule has 12 heavy (non-hydrogen) atoms. The van der Waals surface area contributed by atoms with E-state index < -0.39 is 5.95 Å². The summed E-state index contributed by atoms with van der Waals surface area (Å²) in [5, 5.41) is 2.75. The van der Waals surface area contributed by atoms with Crippen LogP contribution in [0.4, 0.5) is 10.1 Å². The van der Waals surface area contributed by atoms with Gasteiger partial charge in [-0.1, -0.05) is 13.8 Å². The summed E-state index contributed by atoms with van der Waals surface area (Å²) < 4.78 is 12.9. The molecule has 0 amide bonds. The van der Waals surface area contributed by atoms with Gasteiger partial charge in [-0.15, -0.1) is 0 Å². The normalized spacial score (nSPS) is 10.4. The summed E-state index contributed by atoms with van der Waals surface area (Å²) in [5.41, 5.74) is 1.50. The van der Waals surface area contributed by atoms with E-state index in [1.54, 1.807) is 19.3 Å². The van der Waals surface area contributed by atoms with E-state index in [4.69, 9.17) is 0 Å². The fraction of sp³-hybridized carbons (Fsp3) is 0.444. The number of pyridine rings is 1. The van der Waals surface area contributed by atoms with E-state index in [0.29, 0.717) is 11.6 Å². The minimum Gasteiger partial charge on any atom is -0.384 e. The lowest BCUT2D eigenvalue weighted by Gasteiger charge is -2.07. The molecular formula is C9H13FN2. The molecule has 0 unspecified atom stereocenters. The molecule has 0 aliphatic carbocycles. The van der Waals surface area contributed by atoms with E-state index in [9.17, 15) is 4.39 Å². The molecule has 1 rings (SSSR count). The predicted molar refractivity (Wildman–Crippen MR) is 47.8 cm³/mol. The van der Waals surface area contributed by atoms with Crippen molar-refractivity contribution in [3.05, 3.63) is 23.8 Å². The van der Waals surface area contributed by atoms with Gasteiger partial charge in [0.1, 0.15) is 0 Å². The maximum atomic E-state index is 12.9. The summed E-state index contributed by atoms with van der Waals surface area (Å²) >= 11 is 0. The van der Waals surface area contributed by atoms with Gasteiger partial charge >= 0.3 is 0 Å². The molecule has 0 radical (unpaired) electrons. The molecule has 0 aliphatic heterocycles. The first-order valence-corrected chi connectivity index (χ1v) is 3.98. The van der Waals surface area contributed by atoms with Crippen molar-refractivity contribution in [2.45, 2.75) is 19.8 Å². The average Bonchev–Trinajstić information content (AvgIpc) is 2.05. The first-order valence-electron chi connectivity index (χ1n) is 3.98. The van der Waals surface area contributed by atoms with Crippen LogP contribution in [0.3, 0.4) is 0 Å². The van der Waals surface area contributed by atoms with Crippen LogP contribution < -0.4 is 5.32 Å². The highest BCUT2D eigenvalue weighted by atomic mass is 19.1. The number of anilines is 1. The van der Waals surface area contributed by atoms with Crippen molar-refractivity contribution in [1.29, 1.82) is 0 Å². The van der Waals surface area contributed by atoms with E-state index in [-0.39, 0.29) is 0 Å². The first-order chi connectivity index (χ1) is 5.65. The van der Waals surface area contributed by atoms with Gasteiger partial charge in [-0.3, -0.25) is 0 Å². The molecular weight excluding hydrogens is 155 g/mol. The smallest absolute Gasteiger partial charge is 0.236 e. The quantitative estimate of drug-likeness (QED) is 0.686. The van der Waals surface area contributed by atoms with Crippen LogP contribution in [-0.2, 0) is 0 Å². The second-order valence-electron chi connectivity index (χ2n) is 3.01. The molecule has 0 atom stereocenters. The van der Waals surface area contributed by atoms with Gasteiger partial charge < -0.3 is 5.32 Å². The Morgan fingerprint density at radius 2 is 2.17 bits per heavy atom. The van der Waals surface area contributed by atoms with Gasteiger partial charge in [-0.2, -0.15) is 4.39 Å². The fourth-order valence-electron chi connectivity index (χ4n) is 0.955. The van der Waals surface area contributed by atoms with E-state index >= 15 is 0 Å². The van der Waals surface area contributed by atoms with Gasteiger partial charge in [-0.05, 0) is 17.5 Å². The molecule has 0 aliphatic rings. The summed E-state index contributed by atoms with van der Waals surface area (Å²) in [4.78, 5) is 3.64. The van der Waals surface area contributed by atoms with Crippen LogP contribution in [0.25, 0.3) is 0 Å². The van der Waals surface area contributed by atoms with Gasteiger partial charge in [0.05, 0.1) is 5.69 Å². The van der Waals surface area contributed by atoms with Crippen LogP contribution in [-0.4, -0.2) is 12.0 Å². The highest BCUT2D eigenvalue weighted by Crippen LogP contribution is 2.18. The van der Waals surface area contributed by atoms with Gasteiger partial charge in [0.25, 0.3) is 0 Å². The Morgan fingerprint density at radius 1 is 1.50 bits per heavy atom. The lowest BCUT2D eigenvalue weighted by molar-refractivity contribution is 0.585. The molecule has 0 fully saturated rings. The van der Waals surface area contributed by atoms with E-state index in [2.05, 4.69) is 10.3 Å². The second kappa shape index (κ2) is 3.52. The van der Waals surface area contributed by atoms with Crippen molar-refractivity contribution in [2.24, 2.45) is 0 Å². The van der Waals surface area contributed by atoms with Crippen LogP contribution in [0.1, 0.15) is 25.3 Å². The van der Waals surface area contributed by atoms with Crippen molar-refractivity contribution in [1.82, 2.24) is 4.98 Å². The summed E-state index contributed by atoms with van der Waals surface area (Å²) in [6.45, 7) is 4.10. The van der Waals surface area contributed by atoms with Crippen LogP contribution in [0.2, 0.25) is 0 Å². The number of rotatable bonds is 2. The monoisotopic (exact) mass is 168 g/mol. The van der Waals surface area contributed by atoms with Gasteiger partial charge in [0.2, 0.25) is 5.95 Å². The van der Waals surface area contributed by atoms with Crippen LogP contribution in [0, 0.1) is 5.95 Å². The Hall–Kier alpha value is -1.12. The minimum absolute atomic E-state index is 0.380. The van der Waals surface area contributed by atoms with Crippen LogP contribution in [0.5, 0.6) is 0 Å². The highest BCUT2D eigenvalue weighted by Gasteiger charge is 2.05. The Morgan fingerprint density at radius 3 is 2.67 bits per heavy atom. The molecule has 1 aromatic rings. The Labute approximate surface area is 71.8 Å². The van der Waals surface area contributed by atoms with Crippen molar-refractivity contribution < 1.29 is 4.39 Å². The molecule has 3 heteroatoms. The maximum absolute atomic E-state index is 12.9. The zero-order chi connectivity index (χ0) is 9.14. The Kier molecular flexibility index (Phi) is 2.63. The van der Waals surface area contributed by atoms with Crippen molar-refractivity contribution >= 4 is 5.69 Å². The third-order valence-corrected chi connectivity index (χ3v) is 1.80. The fourth-order valence-corrected chi connectivity index (χ4v) is 0.955. The number of halogens is 1. The molecule has 0 bridgehead atoms. The van der Waals surface area contributed by atoms with E-state index in [0.717, 1.165) is 5.56 Å². The van der Waals surface area contributed by atoms with Crippen molar-refractivity contribution in [3.8, 4) is 0 Å². The number of hydrogen-bond acceptors (Lipinski definition) is 2. The summed E-state index contributed by atoms with van der Waals surface area (Å²) in [5.74, 6) is -0.0629. The molecule has 2 nitrogen and oxygen atoms in total. The maximum Gasteiger partial charge on any atom is 0.236 e. The SMILES string of the molecule is CNc1cc(C(C)C)cnc1F. The third kappa shape index (κ3) is 1.72. The van der Waals surface area contributed by atoms with Gasteiger partial charge in [-0.25, -0.2) is 4.98 Å². The molecule has 0 spiro atoms. The van der Waals surface area contributed by atoms with Crippen molar-refractivity contribution in [3.63, 3.8) is 0 Å². The molecule has 0 aromatic carbocycles. The topological polar surface area (TPSA) is 24.9 Å². The molecule has 0 saturated carbocycles. The van der Waals surface area contributed by atoms with Crippen LogP contribution in [0.15, 0.2) is 12.3 Å². The molecule has 66 valence electrons. The second-order valence-corrected chi connectivity index (χ2v) is 3.01. The molecule has 1 aromatic heterocycles. The summed E-state index contributed by atoms with van der Waals surface area (Å²) in [7, 11) is 1.68. The predicted octanol–water partition coefficient (Wildman–Crippen LogP) is 2.39. The third-order valence-electron chi connectivity index (χ3n) is 1.80. The molecule has 1 heterocycles. The molecule has 1 N–H and O–H groups in total. The number of nitrogens with one attached hydrogen (secondary N) is 1. The first kappa shape index (κ1) is 8.97. The standard InChI is InChI=1S/C9H13FN2/c1-6(2)7-4-8(11-3)9(10)12-5-7/h4-6,11H,1-3H3. The number of hydrogen-bond donors (Lipinski definition) is 1. The minimum atomic E-state index is -0.443. The Balaban J connectivity index is 3.05. The largest absolute Gasteiger partial charge is 0.384 e. The summed E-state index contributed by atoms with van der Waals surface area (Å²) in [6.07, 6.45) is 1.57.